The predicted molar refractivity (Wildman–Crippen MR) is 298 cm³/mol. The summed E-state index contributed by atoms with van der Waals surface area (Å²) < 4.78 is 67.6. The van der Waals surface area contributed by atoms with Crippen LogP contribution in [0.1, 0.15) is 121 Å². The number of hydrogen-bond acceptors (Lipinski definition) is 26. The van der Waals surface area contributed by atoms with Crippen LogP contribution in [-0.2, 0) is 71.3 Å². The van der Waals surface area contributed by atoms with Gasteiger partial charge < -0.3 is 113 Å². The minimum absolute atomic E-state index is 0.0452. The van der Waals surface area contributed by atoms with Crippen molar-refractivity contribution in [1.29, 1.82) is 0 Å². The lowest BCUT2D eigenvalue weighted by atomic mass is 9.33. The van der Waals surface area contributed by atoms with Gasteiger partial charge >= 0.3 is 23.9 Å². The lowest BCUT2D eigenvalue weighted by molar-refractivity contribution is -0.399. The fourth-order valence-electron chi connectivity index (χ4n) is 17.5. The average molecular weight is 1260 g/mol. The Hall–Kier alpha value is -3.40. The lowest BCUT2D eigenvalue weighted by Gasteiger charge is -2.72. The minimum Gasteiger partial charge on any atom is -0.479 e. The maximum absolute atomic E-state index is 13.6. The second kappa shape index (κ2) is 25.5. The molecule has 0 unspecified atom stereocenters. The number of ether oxygens (including phenoxy) is 11. The molecule has 0 aromatic heterocycles. The molecule has 0 aromatic carbocycles. The van der Waals surface area contributed by atoms with E-state index < -0.39 is 224 Å². The summed E-state index contributed by atoms with van der Waals surface area (Å²) in [5.74, 6) is -4.30. The molecule has 0 spiro atoms. The number of aliphatic hydroxyl groups is 11. The molecule has 4 saturated heterocycles. The molecule has 0 radical (unpaired) electrons. The van der Waals surface area contributed by atoms with Gasteiger partial charge in [0.15, 0.2) is 37.4 Å². The van der Waals surface area contributed by atoms with E-state index in [2.05, 4.69) is 26.8 Å². The van der Waals surface area contributed by atoms with Gasteiger partial charge in [0.05, 0.1) is 37.9 Å². The molecule has 4 saturated carbocycles. The molecule has 4 heterocycles. The van der Waals surface area contributed by atoms with E-state index in [1.807, 2.05) is 27.7 Å². The van der Waals surface area contributed by atoms with Crippen molar-refractivity contribution in [3.8, 4) is 0 Å². The standard InChI is InChI=1S/C61H94O27/c1-12-25(2)51(77)88-48-49(81-27(4)65)61(24-63)29(19-56(48,5)6)28-13-14-34-58(9)17-16-35(57(7,8)33(58)15-18-59(34,10)60(28,11)20-36(61)80-26(3)64)83-55-47(87-53-42(73)40(71)39(70)32(21-62)82-53)44(43(74)45(85-55)50(75)76)84-54-46(38(69)31(67)23-79-54)86-52-41(72)37(68)30(66)22-78-52/h12-13,29-49,52-55,62-63,66-74H,14-24H2,1-11H3,(H,75,76)/b25-12+/t29-,30+,31-,32+,33-,34+,35-,36+,37-,38-,39-,40-,41+,42+,43-,44-,45-,46+,47+,48-,49-,52-,53-,54-,55+,58-,59+,60+,61-/m0/s1. The van der Waals surface area contributed by atoms with Crippen LogP contribution in [0.15, 0.2) is 23.3 Å². The van der Waals surface area contributed by atoms with Gasteiger partial charge in [-0.05, 0) is 98.2 Å². The zero-order valence-electron chi connectivity index (χ0n) is 51.9. The van der Waals surface area contributed by atoms with E-state index in [0.29, 0.717) is 44.1 Å². The second-order valence-corrected chi connectivity index (χ2v) is 28.2. The van der Waals surface area contributed by atoms with Crippen LogP contribution in [0.2, 0.25) is 0 Å². The topological polar surface area (TPSA) is 413 Å². The molecule has 88 heavy (non-hydrogen) atoms. The minimum atomic E-state index is -2.22. The molecule has 12 N–H and O–H groups in total. The summed E-state index contributed by atoms with van der Waals surface area (Å²) in [5.41, 5.74) is -3.40. The molecule has 500 valence electrons. The summed E-state index contributed by atoms with van der Waals surface area (Å²) in [5, 5.41) is 131. The number of carbonyl (C=O) groups is 4. The Kier molecular flexibility index (Phi) is 20.0. The molecule has 0 amide bonds. The molecule has 9 rings (SSSR count). The summed E-state index contributed by atoms with van der Waals surface area (Å²) in [6.07, 6.45) is -30.8. The van der Waals surface area contributed by atoms with Crippen LogP contribution in [0.3, 0.4) is 0 Å². The number of hydrogen-bond donors (Lipinski definition) is 12. The fraction of sp³-hybridized carbons (Fsp3) is 0.869. The number of fused-ring (bicyclic) bond motifs is 7. The van der Waals surface area contributed by atoms with Gasteiger partial charge in [-0.3, -0.25) is 9.59 Å². The third-order valence-electron chi connectivity index (χ3n) is 22.5. The molecular formula is C61H94O27. The summed E-state index contributed by atoms with van der Waals surface area (Å²) in [6.45, 7) is 17.9. The Morgan fingerprint density at radius 3 is 1.84 bits per heavy atom. The number of carboxylic acids is 1. The SMILES string of the molecule is C/C=C(\C)C(=O)O[C@H]1[C@H](OC(C)=O)[C@]2(CO)[C@H](OC(C)=O)C[C@]3(C)C(=CC[C@@H]4[C@@]5(C)CC[C@H](O[C@@H]6O[C@H](C(=O)O)[C@@H](O)[C@H](O[C@@H]7OC[C@H](O)[C@H](O)[C@H]7O[C@@H]7OC[C@@H](O)[C@H](O)[C@H]7O)[C@H]6O[C@@H]6O[C@H](CO)[C@H](O)[C@H](O)[C@H]6O)C(C)(C)[C@@H]5CC[C@]43C)[C@@H]2CC1(C)C. The van der Waals surface area contributed by atoms with E-state index in [4.69, 9.17) is 52.1 Å². The maximum Gasteiger partial charge on any atom is 0.335 e. The number of carbonyl (C=O) groups excluding carboxylic acids is 3. The first-order valence-corrected chi connectivity index (χ1v) is 30.7. The third kappa shape index (κ3) is 11.6. The van der Waals surface area contributed by atoms with Crippen molar-refractivity contribution in [2.24, 2.45) is 50.2 Å². The van der Waals surface area contributed by atoms with E-state index in [0.717, 1.165) is 5.57 Å². The Morgan fingerprint density at radius 2 is 1.23 bits per heavy atom. The molecule has 27 heteroatoms. The molecule has 27 nitrogen and oxygen atoms in total. The van der Waals surface area contributed by atoms with Gasteiger partial charge in [-0.25, -0.2) is 9.59 Å². The Bertz CT molecular complexity index is 2610. The number of carboxylic acid groups (broad SMARTS) is 1. The maximum atomic E-state index is 13.6. The number of rotatable bonds is 15. The molecule has 0 bridgehead atoms. The summed E-state index contributed by atoms with van der Waals surface area (Å²) in [6, 6.07) is 0. The largest absolute Gasteiger partial charge is 0.479 e. The summed E-state index contributed by atoms with van der Waals surface area (Å²) in [7, 11) is 0. The van der Waals surface area contributed by atoms with Gasteiger partial charge in [0.1, 0.15) is 91.6 Å². The van der Waals surface area contributed by atoms with Crippen molar-refractivity contribution in [2.75, 3.05) is 26.4 Å². The van der Waals surface area contributed by atoms with Crippen LogP contribution in [0.25, 0.3) is 0 Å². The van der Waals surface area contributed by atoms with Crippen molar-refractivity contribution in [3.63, 3.8) is 0 Å². The first kappa shape index (κ1) is 69.0. The van der Waals surface area contributed by atoms with Crippen molar-refractivity contribution in [1.82, 2.24) is 0 Å². The Balaban J connectivity index is 1.06. The van der Waals surface area contributed by atoms with E-state index in [1.54, 1.807) is 19.9 Å². The van der Waals surface area contributed by atoms with Gasteiger partial charge in [0.25, 0.3) is 0 Å². The van der Waals surface area contributed by atoms with Crippen LogP contribution in [0, 0.1) is 50.2 Å². The monoisotopic (exact) mass is 1260 g/mol. The van der Waals surface area contributed by atoms with Crippen LogP contribution in [0.5, 0.6) is 0 Å². The van der Waals surface area contributed by atoms with E-state index in [9.17, 15) is 80.5 Å². The van der Waals surface area contributed by atoms with Gasteiger partial charge in [-0.2, -0.15) is 0 Å². The molecule has 0 aromatic rings. The predicted octanol–water partition coefficient (Wildman–Crippen LogP) is -0.620. The van der Waals surface area contributed by atoms with Crippen molar-refractivity contribution in [3.05, 3.63) is 23.3 Å². The van der Waals surface area contributed by atoms with Gasteiger partial charge in [0, 0.05) is 24.8 Å². The third-order valence-corrected chi connectivity index (χ3v) is 22.5. The van der Waals surface area contributed by atoms with Crippen LogP contribution in [0.4, 0.5) is 0 Å². The molecule has 4 aliphatic heterocycles. The van der Waals surface area contributed by atoms with Crippen molar-refractivity contribution < 1.29 is 133 Å². The Morgan fingerprint density at radius 1 is 0.614 bits per heavy atom. The number of allylic oxidation sites excluding steroid dienone is 3. The zero-order valence-corrected chi connectivity index (χ0v) is 51.9. The normalized spacial score (nSPS) is 49.1. The van der Waals surface area contributed by atoms with E-state index >= 15 is 0 Å². The fourth-order valence-corrected chi connectivity index (χ4v) is 17.5. The lowest BCUT2D eigenvalue weighted by Crippen LogP contribution is -2.73. The van der Waals surface area contributed by atoms with Gasteiger partial charge in [0.2, 0.25) is 0 Å². The molecule has 8 fully saturated rings. The highest BCUT2D eigenvalue weighted by Crippen LogP contribution is 2.76. The zero-order chi connectivity index (χ0) is 64.9. The average Bonchev–Trinajstić information content (AvgIpc) is 0.678. The first-order valence-electron chi connectivity index (χ1n) is 30.7. The van der Waals surface area contributed by atoms with E-state index in [1.165, 1.54) is 13.8 Å². The highest BCUT2D eigenvalue weighted by atomic mass is 16.8. The molecule has 9 aliphatic rings. The molecule has 5 aliphatic carbocycles. The van der Waals surface area contributed by atoms with Gasteiger partial charge in [-0.1, -0.05) is 66.2 Å². The second-order valence-electron chi connectivity index (χ2n) is 28.2. The summed E-state index contributed by atoms with van der Waals surface area (Å²) in [4.78, 5) is 53.4. The number of aliphatic carboxylic acids is 1. The molecular weight excluding hydrogens is 1160 g/mol. The number of esters is 3. The van der Waals surface area contributed by atoms with Crippen LogP contribution >= 0.6 is 0 Å². The first-order chi connectivity index (χ1) is 41.1. The van der Waals surface area contributed by atoms with Crippen LogP contribution < -0.4 is 0 Å². The smallest absolute Gasteiger partial charge is 0.335 e. The van der Waals surface area contributed by atoms with Gasteiger partial charge in [-0.15, -0.1) is 0 Å². The highest BCUT2D eigenvalue weighted by molar-refractivity contribution is 5.87. The summed E-state index contributed by atoms with van der Waals surface area (Å²) >= 11 is 0. The van der Waals surface area contributed by atoms with E-state index in [-0.39, 0.29) is 18.3 Å². The van der Waals surface area contributed by atoms with Crippen molar-refractivity contribution in [2.45, 2.75) is 256 Å². The van der Waals surface area contributed by atoms with Crippen molar-refractivity contribution >= 4 is 23.9 Å². The quantitative estimate of drug-likeness (QED) is 0.0320. The Labute approximate surface area is 511 Å². The molecule has 29 atom stereocenters. The number of aliphatic hydroxyl groups excluding tert-OH is 11. The van der Waals surface area contributed by atoms with Crippen LogP contribution in [-0.4, -0.2) is 247 Å². The highest BCUT2D eigenvalue weighted by Gasteiger charge is 2.75.